The molecule has 0 aromatic heterocycles. The van der Waals surface area contributed by atoms with Crippen molar-refractivity contribution in [2.24, 2.45) is 0 Å². The monoisotopic (exact) mass is 272 g/mol. The van der Waals surface area contributed by atoms with Gasteiger partial charge in [0.25, 0.3) is 0 Å². The Morgan fingerprint density at radius 3 is 2.70 bits per heavy atom. The number of hydrogen-bond acceptors (Lipinski definition) is 2. The smallest absolute Gasteiger partial charge is 0.224 e. The van der Waals surface area contributed by atoms with Gasteiger partial charge in [-0.15, -0.1) is 0 Å². The zero-order valence-electron chi connectivity index (χ0n) is 11.3. The number of carbonyl (C=O) groups excluding carboxylic acids is 1. The first-order valence-electron chi connectivity index (χ1n) is 6.45. The van der Waals surface area contributed by atoms with Crippen LogP contribution in [0.1, 0.15) is 17.5 Å². The lowest BCUT2D eigenvalue weighted by Gasteiger charge is -2.07. The Hall–Kier alpha value is -2.36. The molecule has 2 aromatic carbocycles. The fourth-order valence-electron chi connectivity index (χ4n) is 1.97. The van der Waals surface area contributed by atoms with Crippen LogP contribution in [0.4, 0.5) is 15.8 Å². The van der Waals surface area contributed by atoms with Crippen molar-refractivity contribution in [2.75, 3.05) is 11.1 Å². The second-order valence-corrected chi connectivity index (χ2v) is 4.71. The normalized spacial score (nSPS) is 10.3. The summed E-state index contributed by atoms with van der Waals surface area (Å²) >= 11 is 0. The number of anilines is 2. The summed E-state index contributed by atoms with van der Waals surface area (Å²) in [6.45, 7) is 2.02. The fourth-order valence-corrected chi connectivity index (χ4v) is 1.97. The van der Waals surface area contributed by atoms with E-state index in [0.29, 0.717) is 18.5 Å². The molecule has 0 saturated heterocycles. The Morgan fingerprint density at radius 2 is 2.00 bits per heavy atom. The van der Waals surface area contributed by atoms with Crippen molar-refractivity contribution in [1.29, 1.82) is 0 Å². The number of nitrogen functional groups attached to an aromatic ring is 1. The minimum Gasteiger partial charge on any atom is -0.396 e. The van der Waals surface area contributed by atoms with Crippen molar-refractivity contribution >= 4 is 17.3 Å². The molecule has 1 amide bonds. The number of benzene rings is 2. The van der Waals surface area contributed by atoms with Gasteiger partial charge in [-0.05, 0) is 42.7 Å². The van der Waals surface area contributed by atoms with Gasteiger partial charge in [0.15, 0.2) is 0 Å². The number of halogens is 1. The van der Waals surface area contributed by atoms with Crippen LogP contribution in [-0.2, 0) is 11.2 Å². The highest BCUT2D eigenvalue weighted by Gasteiger charge is 2.06. The third-order valence-electron chi connectivity index (χ3n) is 3.17. The average molecular weight is 272 g/mol. The van der Waals surface area contributed by atoms with Crippen LogP contribution in [0.15, 0.2) is 42.5 Å². The van der Waals surface area contributed by atoms with E-state index in [1.807, 2.05) is 31.2 Å². The zero-order valence-corrected chi connectivity index (χ0v) is 11.3. The number of nitrogens with one attached hydrogen (secondary N) is 1. The molecule has 0 atom stereocenters. The Labute approximate surface area is 117 Å². The first kappa shape index (κ1) is 14.1. The molecule has 3 nitrogen and oxygen atoms in total. The summed E-state index contributed by atoms with van der Waals surface area (Å²) in [5.41, 5.74) is 8.19. The minimum atomic E-state index is -0.526. The first-order chi connectivity index (χ1) is 9.56. The summed E-state index contributed by atoms with van der Waals surface area (Å²) in [4.78, 5) is 11.8. The maximum absolute atomic E-state index is 13.3. The number of carbonyl (C=O) groups is 1. The molecule has 0 heterocycles. The van der Waals surface area contributed by atoms with E-state index in [1.165, 1.54) is 17.7 Å². The summed E-state index contributed by atoms with van der Waals surface area (Å²) in [6, 6.07) is 12.2. The van der Waals surface area contributed by atoms with Crippen molar-refractivity contribution in [2.45, 2.75) is 19.8 Å². The third kappa shape index (κ3) is 3.57. The molecule has 2 aromatic rings. The van der Waals surface area contributed by atoms with E-state index < -0.39 is 5.82 Å². The zero-order chi connectivity index (χ0) is 14.5. The van der Waals surface area contributed by atoms with Gasteiger partial charge in [-0.25, -0.2) is 4.39 Å². The maximum Gasteiger partial charge on any atom is 0.224 e. The molecule has 0 fully saturated rings. The van der Waals surface area contributed by atoms with Gasteiger partial charge in [-0.2, -0.15) is 0 Å². The van der Waals surface area contributed by atoms with Crippen molar-refractivity contribution in [3.63, 3.8) is 0 Å². The third-order valence-corrected chi connectivity index (χ3v) is 3.17. The second kappa shape index (κ2) is 6.19. The van der Waals surface area contributed by atoms with Crippen LogP contribution in [0.25, 0.3) is 0 Å². The molecule has 0 aliphatic heterocycles. The maximum atomic E-state index is 13.3. The number of hydrogen-bond donors (Lipinski definition) is 2. The molecule has 0 bridgehead atoms. The van der Waals surface area contributed by atoms with E-state index in [0.717, 1.165) is 5.56 Å². The Kier molecular flexibility index (Phi) is 4.35. The van der Waals surface area contributed by atoms with Gasteiger partial charge in [0.1, 0.15) is 5.82 Å². The van der Waals surface area contributed by atoms with Crippen LogP contribution in [0, 0.1) is 12.7 Å². The molecule has 3 N–H and O–H groups in total. The summed E-state index contributed by atoms with van der Waals surface area (Å²) in [5, 5.41) is 2.67. The van der Waals surface area contributed by atoms with E-state index in [9.17, 15) is 9.18 Å². The van der Waals surface area contributed by atoms with Crippen LogP contribution in [0.3, 0.4) is 0 Å². The van der Waals surface area contributed by atoms with Gasteiger partial charge in [0.2, 0.25) is 5.91 Å². The van der Waals surface area contributed by atoms with E-state index in [1.54, 1.807) is 6.07 Å². The molecular formula is C16H17FN2O. The molecule has 0 radical (unpaired) electrons. The molecule has 4 heteroatoms. The van der Waals surface area contributed by atoms with Crippen LogP contribution in [0.5, 0.6) is 0 Å². The molecule has 104 valence electrons. The van der Waals surface area contributed by atoms with Crippen molar-refractivity contribution in [1.82, 2.24) is 0 Å². The Morgan fingerprint density at radius 1 is 1.25 bits per heavy atom. The molecule has 0 unspecified atom stereocenters. The van der Waals surface area contributed by atoms with E-state index in [2.05, 4.69) is 5.32 Å². The van der Waals surface area contributed by atoms with Gasteiger partial charge >= 0.3 is 0 Å². The van der Waals surface area contributed by atoms with E-state index in [-0.39, 0.29) is 11.6 Å². The van der Waals surface area contributed by atoms with Crippen LogP contribution in [0.2, 0.25) is 0 Å². The van der Waals surface area contributed by atoms with Crippen molar-refractivity contribution < 1.29 is 9.18 Å². The predicted molar refractivity (Wildman–Crippen MR) is 78.9 cm³/mol. The van der Waals surface area contributed by atoms with E-state index >= 15 is 0 Å². The molecule has 0 saturated carbocycles. The highest BCUT2D eigenvalue weighted by Crippen LogP contribution is 2.16. The van der Waals surface area contributed by atoms with Gasteiger partial charge in [0.05, 0.1) is 5.69 Å². The lowest BCUT2D eigenvalue weighted by atomic mass is 10.0. The van der Waals surface area contributed by atoms with Crippen molar-refractivity contribution in [3.8, 4) is 0 Å². The number of nitrogens with two attached hydrogens (primary N) is 1. The highest BCUT2D eigenvalue weighted by molar-refractivity contribution is 5.91. The lowest BCUT2D eigenvalue weighted by molar-refractivity contribution is -0.116. The van der Waals surface area contributed by atoms with Gasteiger partial charge in [-0.1, -0.05) is 24.3 Å². The summed E-state index contributed by atoms with van der Waals surface area (Å²) < 4.78 is 13.3. The number of amides is 1. The topological polar surface area (TPSA) is 55.1 Å². The minimum absolute atomic E-state index is 0.0721. The molecule has 2 rings (SSSR count). The van der Waals surface area contributed by atoms with Gasteiger partial charge in [-0.3, -0.25) is 4.79 Å². The molecule has 20 heavy (non-hydrogen) atoms. The summed E-state index contributed by atoms with van der Waals surface area (Å²) in [6.07, 6.45) is 1.02. The SMILES string of the molecule is Cc1ccccc1CCC(=O)Nc1ccc(N)c(F)c1. The Bertz CT molecular complexity index is 626. The van der Waals surface area contributed by atoms with Gasteiger partial charge < -0.3 is 11.1 Å². The standard InChI is InChI=1S/C16H17FN2O/c1-11-4-2-3-5-12(11)6-9-16(20)19-13-7-8-15(18)14(17)10-13/h2-5,7-8,10H,6,9,18H2,1H3,(H,19,20). The van der Waals surface area contributed by atoms with Crippen molar-refractivity contribution in [3.05, 3.63) is 59.4 Å². The molecule has 0 spiro atoms. The highest BCUT2D eigenvalue weighted by atomic mass is 19.1. The van der Waals surface area contributed by atoms with Crippen LogP contribution < -0.4 is 11.1 Å². The molecule has 0 aliphatic carbocycles. The average Bonchev–Trinajstić information content (AvgIpc) is 2.42. The number of aryl methyl sites for hydroxylation is 2. The summed E-state index contributed by atoms with van der Waals surface area (Å²) in [7, 11) is 0. The Balaban J connectivity index is 1.93. The number of rotatable bonds is 4. The van der Waals surface area contributed by atoms with Crippen LogP contribution >= 0.6 is 0 Å². The van der Waals surface area contributed by atoms with Crippen LogP contribution in [-0.4, -0.2) is 5.91 Å². The largest absolute Gasteiger partial charge is 0.396 e. The van der Waals surface area contributed by atoms with E-state index in [4.69, 9.17) is 5.73 Å². The predicted octanol–water partition coefficient (Wildman–Crippen LogP) is 3.29. The fraction of sp³-hybridized carbons (Fsp3) is 0.188. The first-order valence-corrected chi connectivity index (χ1v) is 6.45. The quantitative estimate of drug-likeness (QED) is 0.839. The second-order valence-electron chi connectivity index (χ2n) is 4.71. The summed E-state index contributed by atoms with van der Waals surface area (Å²) in [5.74, 6) is -0.667. The molecule has 0 aliphatic rings. The molecular weight excluding hydrogens is 255 g/mol. The van der Waals surface area contributed by atoms with Gasteiger partial charge in [0, 0.05) is 12.1 Å². The lowest BCUT2D eigenvalue weighted by Crippen LogP contribution is -2.13.